The van der Waals surface area contributed by atoms with Crippen LogP contribution in [-0.4, -0.2) is 27.6 Å². The van der Waals surface area contributed by atoms with E-state index in [0.29, 0.717) is 28.7 Å². The third kappa shape index (κ3) is 4.24. The van der Waals surface area contributed by atoms with Crippen LogP contribution >= 0.6 is 0 Å². The first-order chi connectivity index (χ1) is 16.5. The highest BCUT2D eigenvalue weighted by atomic mass is 16.5. The van der Waals surface area contributed by atoms with Crippen LogP contribution in [0, 0.1) is 5.92 Å². The highest BCUT2D eigenvalue weighted by Gasteiger charge is 2.20. The predicted molar refractivity (Wildman–Crippen MR) is 138 cm³/mol. The van der Waals surface area contributed by atoms with Crippen molar-refractivity contribution in [1.82, 2.24) is 0 Å². The van der Waals surface area contributed by atoms with Gasteiger partial charge in [0, 0.05) is 11.1 Å². The predicted octanol–water partition coefficient (Wildman–Crippen LogP) is 7.21. The van der Waals surface area contributed by atoms with Gasteiger partial charge in [-0.3, -0.25) is 4.79 Å². The van der Waals surface area contributed by atoms with Crippen LogP contribution in [-0.2, 0) is 6.42 Å². The van der Waals surface area contributed by atoms with E-state index in [9.17, 15) is 4.79 Å². The van der Waals surface area contributed by atoms with Gasteiger partial charge in [-0.05, 0) is 57.5 Å². The van der Waals surface area contributed by atoms with Crippen molar-refractivity contribution in [1.29, 1.82) is 0 Å². The molecule has 0 unspecified atom stereocenters. The standard InChI is InChI=1S/C30H30O4/c1-19(2)17-20-9-11-21(12-10-20)22-7-6-8-23-24(22)13-14-25(27(23)18-31)26-15-16-28(32-3)30(34-5)29(26)33-4/h6-16,18-19H,17H2,1-5H3. The summed E-state index contributed by atoms with van der Waals surface area (Å²) in [6.07, 6.45) is 1.98. The summed E-state index contributed by atoms with van der Waals surface area (Å²) < 4.78 is 16.7. The molecule has 0 spiro atoms. The van der Waals surface area contributed by atoms with E-state index in [2.05, 4.69) is 50.2 Å². The van der Waals surface area contributed by atoms with E-state index >= 15 is 0 Å². The topological polar surface area (TPSA) is 44.8 Å². The van der Waals surface area contributed by atoms with E-state index in [4.69, 9.17) is 14.2 Å². The third-order valence-electron chi connectivity index (χ3n) is 6.12. The minimum absolute atomic E-state index is 0.495. The Bertz CT molecular complexity index is 1320. The van der Waals surface area contributed by atoms with Crippen LogP contribution in [0.4, 0.5) is 0 Å². The summed E-state index contributed by atoms with van der Waals surface area (Å²) >= 11 is 0. The first-order valence-electron chi connectivity index (χ1n) is 11.4. The maximum absolute atomic E-state index is 12.4. The molecule has 0 atom stereocenters. The molecular formula is C30H30O4. The van der Waals surface area contributed by atoms with Crippen molar-refractivity contribution >= 4 is 17.1 Å². The molecule has 4 aromatic rings. The van der Waals surface area contributed by atoms with E-state index in [-0.39, 0.29) is 0 Å². The molecule has 4 aromatic carbocycles. The number of hydrogen-bond acceptors (Lipinski definition) is 4. The zero-order valence-electron chi connectivity index (χ0n) is 20.3. The van der Waals surface area contributed by atoms with Crippen molar-refractivity contribution in [3.63, 3.8) is 0 Å². The Labute approximate surface area is 201 Å². The molecule has 4 heteroatoms. The van der Waals surface area contributed by atoms with E-state index in [1.807, 2.05) is 30.3 Å². The molecule has 0 saturated heterocycles. The molecule has 0 fully saturated rings. The fourth-order valence-corrected chi connectivity index (χ4v) is 4.60. The molecule has 0 radical (unpaired) electrons. The first-order valence-corrected chi connectivity index (χ1v) is 11.4. The molecule has 0 aromatic heterocycles. The van der Waals surface area contributed by atoms with E-state index in [1.54, 1.807) is 21.3 Å². The van der Waals surface area contributed by atoms with Gasteiger partial charge in [0.1, 0.15) is 0 Å². The number of fused-ring (bicyclic) bond motifs is 1. The van der Waals surface area contributed by atoms with Crippen molar-refractivity contribution in [2.24, 2.45) is 5.92 Å². The van der Waals surface area contributed by atoms with Crippen molar-refractivity contribution in [2.75, 3.05) is 21.3 Å². The number of benzene rings is 4. The Kier molecular flexibility index (Phi) is 6.87. The molecule has 0 N–H and O–H groups in total. The number of aldehydes is 1. The molecule has 34 heavy (non-hydrogen) atoms. The van der Waals surface area contributed by atoms with Gasteiger partial charge in [-0.1, -0.05) is 68.4 Å². The molecule has 0 aliphatic carbocycles. The molecule has 0 heterocycles. The Balaban J connectivity index is 1.88. The molecular weight excluding hydrogens is 424 g/mol. The lowest BCUT2D eigenvalue weighted by molar-refractivity contribution is 0.112. The number of ether oxygens (including phenoxy) is 3. The van der Waals surface area contributed by atoms with Gasteiger partial charge < -0.3 is 14.2 Å². The van der Waals surface area contributed by atoms with Crippen LogP contribution in [0.25, 0.3) is 33.0 Å². The summed E-state index contributed by atoms with van der Waals surface area (Å²) in [4.78, 5) is 12.4. The lowest BCUT2D eigenvalue weighted by Crippen LogP contribution is -1.99. The maximum Gasteiger partial charge on any atom is 0.203 e. The minimum atomic E-state index is 0.495. The fourth-order valence-electron chi connectivity index (χ4n) is 4.60. The second-order valence-corrected chi connectivity index (χ2v) is 8.72. The van der Waals surface area contributed by atoms with Crippen molar-refractivity contribution in [3.8, 4) is 39.5 Å². The van der Waals surface area contributed by atoms with Crippen LogP contribution in [0.2, 0.25) is 0 Å². The van der Waals surface area contributed by atoms with Gasteiger partial charge in [0.25, 0.3) is 0 Å². The summed E-state index contributed by atoms with van der Waals surface area (Å²) in [6, 6.07) is 22.6. The second kappa shape index (κ2) is 10.0. The lowest BCUT2D eigenvalue weighted by Gasteiger charge is -2.18. The van der Waals surface area contributed by atoms with Crippen molar-refractivity contribution in [2.45, 2.75) is 20.3 Å². The number of carbonyl (C=O) groups excluding carboxylic acids is 1. The SMILES string of the molecule is COc1ccc(-c2ccc3c(-c4ccc(CC(C)C)cc4)cccc3c2C=O)c(OC)c1OC. The molecule has 174 valence electrons. The first kappa shape index (κ1) is 23.4. The molecule has 0 saturated carbocycles. The van der Waals surface area contributed by atoms with Crippen molar-refractivity contribution in [3.05, 3.63) is 77.9 Å². The van der Waals surface area contributed by atoms with Crippen LogP contribution in [0.15, 0.2) is 66.7 Å². The molecule has 0 aliphatic heterocycles. The van der Waals surface area contributed by atoms with Crippen molar-refractivity contribution < 1.29 is 19.0 Å². The third-order valence-corrected chi connectivity index (χ3v) is 6.12. The number of methoxy groups -OCH3 is 3. The molecule has 0 bridgehead atoms. The quantitative estimate of drug-likeness (QED) is 0.264. The van der Waals surface area contributed by atoms with E-state index in [1.165, 1.54) is 5.56 Å². The van der Waals surface area contributed by atoms with Gasteiger partial charge in [0.2, 0.25) is 5.75 Å². The Morgan fingerprint density at radius 2 is 1.41 bits per heavy atom. The summed E-state index contributed by atoms with van der Waals surface area (Å²) in [5, 5.41) is 1.93. The summed E-state index contributed by atoms with van der Waals surface area (Å²) in [5.74, 6) is 2.21. The Morgan fingerprint density at radius 3 is 2.03 bits per heavy atom. The Hall–Kier alpha value is -3.79. The average Bonchev–Trinajstić information content (AvgIpc) is 2.86. The molecule has 4 nitrogen and oxygen atoms in total. The molecule has 4 rings (SSSR count). The largest absolute Gasteiger partial charge is 0.493 e. The molecule has 0 amide bonds. The lowest BCUT2D eigenvalue weighted by atomic mass is 9.90. The maximum atomic E-state index is 12.4. The van der Waals surface area contributed by atoms with Gasteiger partial charge in [0.15, 0.2) is 17.8 Å². The fraction of sp³-hybridized carbons (Fsp3) is 0.233. The van der Waals surface area contributed by atoms with Gasteiger partial charge in [0.05, 0.1) is 21.3 Å². The smallest absolute Gasteiger partial charge is 0.203 e. The van der Waals surface area contributed by atoms with Gasteiger partial charge in [-0.15, -0.1) is 0 Å². The average molecular weight is 455 g/mol. The number of carbonyl (C=O) groups is 1. The van der Waals surface area contributed by atoms with Crippen LogP contribution in [0.1, 0.15) is 29.8 Å². The summed E-state index contributed by atoms with van der Waals surface area (Å²) in [6.45, 7) is 4.45. The second-order valence-electron chi connectivity index (χ2n) is 8.72. The minimum Gasteiger partial charge on any atom is -0.493 e. The number of rotatable bonds is 8. The summed E-state index contributed by atoms with van der Waals surface area (Å²) in [7, 11) is 4.74. The van der Waals surface area contributed by atoms with E-state index in [0.717, 1.165) is 45.7 Å². The zero-order chi connectivity index (χ0) is 24.2. The van der Waals surface area contributed by atoms with Crippen LogP contribution in [0.3, 0.4) is 0 Å². The van der Waals surface area contributed by atoms with Gasteiger partial charge >= 0.3 is 0 Å². The van der Waals surface area contributed by atoms with E-state index < -0.39 is 0 Å². The number of hydrogen-bond donors (Lipinski definition) is 0. The Morgan fingerprint density at radius 1 is 0.706 bits per heavy atom. The highest BCUT2D eigenvalue weighted by molar-refractivity contribution is 6.09. The van der Waals surface area contributed by atoms with Crippen LogP contribution in [0.5, 0.6) is 17.2 Å². The molecule has 0 aliphatic rings. The monoisotopic (exact) mass is 454 g/mol. The zero-order valence-corrected chi connectivity index (χ0v) is 20.3. The normalized spacial score (nSPS) is 11.0. The van der Waals surface area contributed by atoms with Crippen LogP contribution < -0.4 is 14.2 Å². The van der Waals surface area contributed by atoms with Gasteiger partial charge in [-0.2, -0.15) is 0 Å². The van der Waals surface area contributed by atoms with Gasteiger partial charge in [-0.25, -0.2) is 0 Å². The summed E-state index contributed by atoms with van der Waals surface area (Å²) in [5.41, 5.74) is 5.72. The highest BCUT2D eigenvalue weighted by Crippen LogP contribution is 2.46.